The molecule has 104 valence electrons. The van der Waals surface area contributed by atoms with E-state index in [1.807, 2.05) is 18.2 Å². The second-order valence-electron chi connectivity index (χ2n) is 4.10. The number of hydrogen-bond acceptors (Lipinski definition) is 3. The lowest BCUT2D eigenvalue weighted by molar-refractivity contribution is -0.144. The number of carboxylic acids is 1. The minimum Gasteiger partial charge on any atom is -0.479 e. The van der Waals surface area contributed by atoms with Gasteiger partial charge < -0.3 is 14.6 Å². The summed E-state index contributed by atoms with van der Waals surface area (Å²) in [6.45, 7) is 1.45. The van der Waals surface area contributed by atoms with Gasteiger partial charge in [0.1, 0.15) is 5.75 Å². The van der Waals surface area contributed by atoms with Crippen LogP contribution in [0.2, 0.25) is 5.02 Å². The summed E-state index contributed by atoms with van der Waals surface area (Å²) < 4.78 is 11.0. The average Bonchev–Trinajstić information content (AvgIpc) is 2.42. The fourth-order valence-corrected chi connectivity index (χ4v) is 1.68. The second-order valence-corrected chi connectivity index (χ2v) is 4.54. The Bertz CT molecular complexity index is 598. The Morgan fingerprint density at radius 2 is 1.85 bits per heavy atom. The number of para-hydroxylation sites is 1. The van der Waals surface area contributed by atoms with E-state index in [-0.39, 0.29) is 0 Å². The van der Waals surface area contributed by atoms with Gasteiger partial charge in [0.15, 0.2) is 17.6 Å². The van der Waals surface area contributed by atoms with Crippen molar-refractivity contribution in [3.63, 3.8) is 0 Å². The van der Waals surface area contributed by atoms with Crippen LogP contribution >= 0.6 is 11.6 Å². The quantitative estimate of drug-likeness (QED) is 0.905. The van der Waals surface area contributed by atoms with Gasteiger partial charge in [-0.25, -0.2) is 4.79 Å². The molecule has 0 aliphatic carbocycles. The molecule has 0 aliphatic heterocycles. The second kappa shape index (κ2) is 6.30. The predicted octanol–water partition coefficient (Wildman–Crippen LogP) is 3.98. The highest BCUT2D eigenvalue weighted by molar-refractivity contribution is 6.30. The van der Waals surface area contributed by atoms with Gasteiger partial charge in [-0.15, -0.1) is 0 Å². The molecule has 0 aliphatic rings. The van der Waals surface area contributed by atoms with Gasteiger partial charge in [-0.05, 0) is 31.2 Å². The third kappa shape index (κ3) is 3.65. The van der Waals surface area contributed by atoms with Crippen molar-refractivity contribution in [2.45, 2.75) is 13.0 Å². The molecule has 0 aromatic heterocycles. The summed E-state index contributed by atoms with van der Waals surface area (Å²) in [5, 5.41) is 9.36. The molecule has 20 heavy (non-hydrogen) atoms. The van der Waals surface area contributed by atoms with Crippen molar-refractivity contribution in [3.05, 3.63) is 53.6 Å². The zero-order valence-electron chi connectivity index (χ0n) is 10.7. The van der Waals surface area contributed by atoms with Crippen LogP contribution < -0.4 is 9.47 Å². The fourth-order valence-electron chi connectivity index (χ4n) is 1.52. The Morgan fingerprint density at radius 1 is 1.15 bits per heavy atom. The van der Waals surface area contributed by atoms with Crippen LogP contribution in [-0.2, 0) is 4.79 Å². The highest BCUT2D eigenvalue weighted by Gasteiger charge is 2.16. The molecule has 2 aromatic carbocycles. The normalized spacial score (nSPS) is 11.7. The smallest absolute Gasteiger partial charge is 0.344 e. The highest BCUT2D eigenvalue weighted by Crippen LogP contribution is 2.34. The number of aliphatic carboxylic acids is 1. The summed E-state index contributed by atoms with van der Waals surface area (Å²) in [6.07, 6.45) is -0.978. The first-order valence-corrected chi connectivity index (χ1v) is 6.36. The molecule has 5 heteroatoms. The number of carboxylic acid groups (broad SMARTS) is 1. The summed E-state index contributed by atoms with van der Waals surface area (Å²) in [5.74, 6) is 0.262. The molecule has 0 radical (unpaired) electrons. The highest BCUT2D eigenvalue weighted by atomic mass is 35.5. The molecule has 0 saturated heterocycles. The van der Waals surface area contributed by atoms with Gasteiger partial charge in [-0.2, -0.15) is 0 Å². The van der Waals surface area contributed by atoms with E-state index in [0.717, 1.165) is 0 Å². The summed E-state index contributed by atoms with van der Waals surface area (Å²) in [6, 6.07) is 13.9. The topological polar surface area (TPSA) is 55.8 Å². The number of hydrogen-bond donors (Lipinski definition) is 1. The SMILES string of the molecule is CC(Oc1ccc(Cl)cc1Oc1ccccc1)C(=O)O. The molecule has 0 fully saturated rings. The van der Waals surface area contributed by atoms with Gasteiger partial charge >= 0.3 is 5.97 Å². The van der Waals surface area contributed by atoms with E-state index < -0.39 is 12.1 Å². The summed E-state index contributed by atoms with van der Waals surface area (Å²) in [4.78, 5) is 10.8. The van der Waals surface area contributed by atoms with E-state index in [9.17, 15) is 4.79 Å². The molecule has 2 rings (SSSR count). The minimum absolute atomic E-state index is 0.327. The molecule has 4 nitrogen and oxygen atoms in total. The summed E-state index contributed by atoms with van der Waals surface area (Å²) in [7, 11) is 0. The maximum atomic E-state index is 10.8. The Labute approximate surface area is 121 Å². The van der Waals surface area contributed by atoms with Crippen LogP contribution in [0.1, 0.15) is 6.92 Å². The van der Waals surface area contributed by atoms with Gasteiger partial charge in [-0.1, -0.05) is 29.8 Å². The minimum atomic E-state index is -1.05. The van der Waals surface area contributed by atoms with Crippen molar-refractivity contribution in [2.75, 3.05) is 0 Å². The van der Waals surface area contributed by atoms with Crippen LogP contribution in [0.25, 0.3) is 0 Å². The van der Waals surface area contributed by atoms with Crippen molar-refractivity contribution in [1.29, 1.82) is 0 Å². The van der Waals surface area contributed by atoms with E-state index in [0.29, 0.717) is 22.3 Å². The number of benzene rings is 2. The van der Waals surface area contributed by atoms with Crippen molar-refractivity contribution >= 4 is 17.6 Å². The Balaban J connectivity index is 2.26. The van der Waals surface area contributed by atoms with Gasteiger partial charge in [0, 0.05) is 11.1 Å². The lowest BCUT2D eigenvalue weighted by Crippen LogP contribution is -2.23. The van der Waals surface area contributed by atoms with Crippen LogP contribution in [0.5, 0.6) is 17.2 Å². The molecule has 0 heterocycles. The first kappa shape index (κ1) is 14.2. The molecule has 0 saturated carbocycles. The van der Waals surface area contributed by atoms with E-state index in [1.54, 1.807) is 30.3 Å². The Morgan fingerprint density at radius 3 is 2.50 bits per heavy atom. The number of halogens is 1. The molecule has 1 atom stereocenters. The first-order chi connectivity index (χ1) is 9.56. The molecule has 0 amide bonds. The van der Waals surface area contributed by atoms with E-state index in [4.69, 9.17) is 26.2 Å². The van der Waals surface area contributed by atoms with Crippen molar-refractivity contribution in [3.8, 4) is 17.2 Å². The van der Waals surface area contributed by atoms with Crippen LogP contribution in [0.4, 0.5) is 0 Å². The predicted molar refractivity (Wildman–Crippen MR) is 75.7 cm³/mol. The summed E-state index contributed by atoms with van der Waals surface area (Å²) >= 11 is 5.93. The van der Waals surface area contributed by atoms with Crippen molar-refractivity contribution in [1.82, 2.24) is 0 Å². The largest absolute Gasteiger partial charge is 0.479 e. The van der Waals surface area contributed by atoms with Crippen molar-refractivity contribution < 1.29 is 19.4 Å². The lowest BCUT2D eigenvalue weighted by atomic mass is 10.3. The fraction of sp³-hybridized carbons (Fsp3) is 0.133. The molecular weight excluding hydrogens is 280 g/mol. The third-order valence-corrected chi connectivity index (χ3v) is 2.76. The maximum absolute atomic E-state index is 10.8. The van der Waals surface area contributed by atoms with Gasteiger partial charge in [0.05, 0.1) is 0 Å². The molecule has 0 spiro atoms. The standard InChI is InChI=1S/C15H13ClO4/c1-10(15(17)18)19-13-8-7-11(16)9-14(13)20-12-5-3-2-4-6-12/h2-10H,1H3,(H,17,18). The van der Waals surface area contributed by atoms with E-state index in [2.05, 4.69) is 0 Å². The Hall–Kier alpha value is -2.20. The van der Waals surface area contributed by atoms with Crippen LogP contribution in [0.15, 0.2) is 48.5 Å². The molecule has 1 unspecified atom stereocenters. The maximum Gasteiger partial charge on any atom is 0.344 e. The zero-order chi connectivity index (χ0) is 14.5. The number of ether oxygens (including phenoxy) is 2. The first-order valence-electron chi connectivity index (χ1n) is 5.98. The third-order valence-electron chi connectivity index (χ3n) is 2.53. The van der Waals surface area contributed by atoms with E-state index in [1.165, 1.54) is 6.92 Å². The van der Waals surface area contributed by atoms with Gasteiger partial charge in [-0.3, -0.25) is 0 Å². The number of carbonyl (C=O) groups is 1. The summed E-state index contributed by atoms with van der Waals surface area (Å²) in [5.41, 5.74) is 0. The zero-order valence-corrected chi connectivity index (χ0v) is 11.5. The Kier molecular flexibility index (Phi) is 4.48. The number of rotatable bonds is 5. The lowest BCUT2D eigenvalue weighted by Gasteiger charge is -2.15. The molecule has 1 N–H and O–H groups in total. The average molecular weight is 293 g/mol. The van der Waals surface area contributed by atoms with Crippen molar-refractivity contribution in [2.24, 2.45) is 0 Å². The monoisotopic (exact) mass is 292 g/mol. The van der Waals surface area contributed by atoms with Crippen LogP contribution in [-0.4, -0.2) is 17.2 Å². The van der Waals surface area contributed by atoms with Crippen LogP contribution in [0.3, 0.4) is 0 Å². The van der Waals surface area contributed by atoms with Gasteiger partial charge in [0.25, 0.3) is 0 Å². The van der Waals surface area contributed by atoms with E-state index >= 15 is 0 Å². The van der Waals surface area contributed by atoms with Crippen LogP contribution in [0, 0.1) is 0 Å². The molecular formula is C15H13ClO4. The molecule has 2 aromatic rings. The molecule has 0 bridgehead atoms. The van der Waals surface area contributed by atoms with Gasteiger partial charge in [0.2, 0.25) is 0 Å².